The highest BCUT2D eigenvalue weighted by molar-refractivity contribution is 5.94. The molecule has 0 aliphatic heterocycles. The van der Waals surface area contributed by atoms with Crippen LogP contribution in [0.25, 0.3) is 0 Å². The number of carbonyl (C=O) groups is 1. The molecule has 0 atom stereocenters. The highest BCUT2D eigenvalue weighted by atomic mass is 16.6. The van der Waals surface area contributed by atoms with Gasteiger partial charge in [0.15, 0.2) is 0 Å². The van der Waals surface area contributed by atoms with E-state index in [2.05, 4.69) is 5.32 Å². The van der Waals surface area contributed by atoms with Crippen LogP contribution < -0.4 is 5.32 Å². The highest BCUT2D eigenvalue weighted by Crippen LogP contribution is 2.18. The number of hydrogen-bond acceptors (Lipinski definition) is 5. The van der Waals surface area contributed by atoms with Crippen molar-refractivity contribution in [2.24, 2.45) is 0 Å². The molecular weight excluding hydrogens is 348 g/mol. The van der Waals surface area contributed by atoms with Crippen LogP contribution in [0.15, 0.2) is 42.5 Å². The number of nitro groups is 1. The molecule has 0 unspecified atom stereocenters. The summed E-state index contributed by atoms with van der Waals surface area (Å²) in [5.74, 6) is -0.272. The van der Waals surface area contributed by atoms with Gasteiger partial charge in [0.25, 0.3) is 11.6 Å². The maximum atomic E-state index is 12.3. The lowest BCUT2D eigenvalue weighted by atomic mass is 10.1. The summed E-state index contributed by atoms with van der Waals surface area (Å²) < 4.78 is 10.8. The van der Waals surface area contributed by atoms with Crippen LogP contribution in [-0.2, 0) is 22.6 Å². The molecule has 0 spiro atoms. The molecule has 0 radical (unpaired) electrons. The predicted molar refractivity (Wildman–Crippen MR) is 102 cm³/mol. The number of rotatable bonds is 10. The van der Waals surface area contributed by atoms with Gasteiger partial charge in [0.1, 0.15) is 0 Å². The minimum atomic E-state index is -0.459. The van der Waals surface area contributed by atoms with Crippen LogP contribution in [0.5, 0.6) is 0 Å². The molecule has 0 bridgehead atoms. The van der Waals surface area contributed by atoms with Gasteiger partial charge in [-0.1, -0.05) is 24.3 Å². The largest absolute Gasteiger partial charge is 0.379 e. The molecule has 2 aromatic rings. The summed E-state index contributed by atoms with van der Waals surface area (Å²) in [6, 6.07) is 12.1. The van der Waals surface area contributed by atoms with Crippen molar-refractivity contribution in [3.05, 3.63) is 74.8 Å². The highest BCUT2D eigenvalue weighted by Gasteiger charge is 2.13. The molecule has 0 aromatic heterocycles. The minimum absolute atomic E-state index is 0.00332. The Morgan fingerprint density at radius 1 is 1.11 bits per heavy atom. The lowest BCUT2D eigenvalue weighted by molar-refractivity contribution is -0.385. The SMILES string of the molecule is CCOCCOCc1cccc(CNC(=O)c2ccc([N+](=O)[O-])c(C)c2)c1. The number of aryl methyl sites for hydroxylation is 1. The maximum Gasteiger partial charge on any atom is 0.272 e. The van der Waals surface area contributed by atoms with Crippen molar-refractivity contribution in [2.75, 3.05) is 19.8 Å². The summed E-state index contributed by atoms with van der Waals surface area (Å²) in [5, 5.41) is 13.7. The molecule has 0 aliphatic rings. The summed E-state index contributed by atoms with van der Waals surface area (Å²) >= 11 is 0. The Hall–Kier alpha value is -2.77. The maximum absolute atomic E-state index is 12.3. The van der Waals surface area contributed by atoms with Crippen molar-refractivity contribution in [2.45, 2.75) is 27.0 Å². The molecule has 2 aromatic carbocycles. The first-order valence-electron chi connectivity index (χ1n) is 8.77. The van der Waals surface area contributed by atoms with E-state index in [4.69, 9.17) is 9.47 Å². The molecule has 1 amide bonds. The molecule has 7 nitrogen and oxygen atoms in total. The fourth-order valence-electron chi connectivity index (χ4n) is 2.57. The molecular formula is C20H24N2O5. The lowest BCUT2D eigenvalue weighted by Crippen LogP contribution is -2.23. The standard InChI is InChI=1S/C20H24N2O5/c1-3-26-9-10-27-14-17-6-4-5-16(12-17)13-21-20(23)18-7-8-19(22(24)25)15(2)11-18/h4-8,11-12H,3,9-10,13-14H2,1-2H3,(H,21,23). The third-order valence-electron chi connectivity index (χ3n) is 3.95. The summed E-state index contributed by atoms with van der Waals surface area (Å²) in [6.07, 6.45) is 0. The number of hydrogen-bond donors (Lipinski definition) is 1. The number of nitrogens with one attached hydrogen (secondary N) is 1. The Kier molecular flexibility index (Phi) is 7.91. The van der Waals surface area contributed by atoms with Crippen LogP contribution in [0.1, 0.15) is 34.0 Å². The van der Waals surface area contributed by atoms with E-state index in [0.29, 0.717) is 44.1 Å². The zero-order chi connectivity index (χ0) is 19.6. The van der Waals surface area contributed by atoms with Crippen LogP contribution in [0.3, 0.4) is 0 Å². The van der Waals surface area contributed by atoms with Gasteiger partial charge < -0.3 is 14.8 Å². The third-order valence-corrected chi connectivity index (χ3v) is 3.95. The monoisotopic (exact) mass is 372 g/mol. The van der Waals surface area contributed by atoms with Crippen molar-refractivity contribution in [1.82, 2.24) is 5.32 Å². The van der Waals surface area contributed by atoms with Gasteiger partial charge in [0.05, 0.1) is 24.7 Å². The van der Waals surface area contributed by atoms with Gasteiger partial charge in [-0.2, -0.15) is 0 Å². The Bertz CT molecular complexity index is 792. The van der Waals surface area contributed by atoms with E-state index >= 15 is 0 Å². The first kappa shape index (κ1) is 20.5. The molecule has 0 saturated heterocycles. The van der Waals surface area contributed by atoms with E-state index in [0.717, 1.165) is 11.1 Å². The molecule has 0 saturated carbocycles. The number of nitro benzene ring substituents is 1. The van der Waals surface area contributed by atoms with Gasteiger partial charge in [-0.05, 0) is 37.1 Å². The van der Waals surface area contributed by atoms with Crippen molar-refractivity contribution < 1.29 is 19.2 Å². The average molecular weight is 372 g/mol. The predicted octanol–water partition coefficient (Wildman–Crippen LogP) is 3.39. The van der Waals surface area contributed by atoms with Crippen molar-refractivity contribution in [1.29, 1.82) is 0 Å². The van der Waals surface area contributed by atoms with E-state index < -0.39 is 4.92 Å². The Labute approximate surface area is 158 Å². The number of benzene rings is 2. The van der Waals surface area contributed by atoms with Gasteiger partial charge in [-0.3, -0.25) is 14.9 Å². The third kappa shape index (κ3) is 6.47. The van der Waals surface area contributed by atoms with Crippen molar-refractivity contribution >= 4 is 11.6 Å². The zero-order valence-corrected chi connectivity index (χ0v) is 15.6. The molecule has 0 fully saturated rings. The van der Waals surface area contributed by atoms with Crippen molar-refractivity contribution in [3.8, 4) is 0 Å². The summed E-state index contributed by atoms with van der Waals surface area (Å²) in [4.78, 5) is 22.7. The summed E-state index contributed by atoms with van der Waals surface area (Å²) in [5.41, 5.74) is 2.83. The van der Waals surface area contributed by atoms with Crippen molar-refractivity contribution in [3.63, 3.8) is 0 Å². The van der Waals surface area contributed by atoms with Crippen LogP contribution in [0.4, 0.5) is 5.69 Å². The summed E-state index contributed by atoms with van der Waals surface area (Å²) in [7, 11) is 0. The van der Waals surface area contributed by atoms with Crippen LogP contribution in [0.2, 0.25) is 0 Å². The Balaban J connectivity index is 1.88. The second kappa shape index (κ2) is 10.4. The van der Waals surface area contributed by atoms with Gasteiger partial charge in [-0.25, -0.2) is 0 Å². The molecule has 144 valence electrons. The Morgan fingerprint density at radius 3 is 2.56 bits per heavy atom. The first-order valence-corrected chi connectivity index (χ1v) is 8.77. The summed E-state index contributed by atoms with van der Waals surface area (Å²) in [6.45, 7) is 6.18. The topological polar surface area (TPSA) is 90.7 Å². The lowest BCUT2D eigenvalue weighted by Gasteiger charge is -2.09. The van der Waals surface area contributed by atoms with Crippen LogP contribution in [0, 0.1) is 17.0 Å². The number of amides is 1. The first-order chi connectivity index (χ1) is 13.0. The van der Waals surface area contributed by atoms with E-state index in [9.17, 15) is 14.9 Å². The minimum Gasteiger partial charge on any atom is -0.379 e. The smallest absolute Gasteiger partial charge is 0.272 e. The van der Waals surface area contributed by atoms with Gasteiger partial charge in [-0.15, -0.1) is 0 Å². The molecule has 0 heterocycles. The number of carbonyl (C=O) groups excluding carboxylic acids is 1. The van der Waals surface area contributed by atoms with Crippen LogP contribution >= 0.6 is 0 Å². The normalized spacial score (nSPS) is 10.6. The molecule has 1 N–H and O–H groups in total. The van der Waals surface area contributed by atoms with Gasteiger partial charge >= 0.3 is 0 Å². The van der Waals surface area contributed by atoms with Gasteiger partial charge in [0.2, 0.25) is 0 Å². The zero-order valence-electron chi connectivity index (χ0n) is 15.6. The average Bonchev–Trinajstić information content (AvgIpc) is 2.66. The van der Waals surface area contributed by atoms with E-state index in [-0.39, 0.29) is 11.6 Å². The quantitative estimate of drug-likeness (QED) is 0.392. The molecule has 0 aliphatic carbocycles. The fourth-order valence-corrected chi connectivity index (χ4v) is 2.57. The van der Waals surface area contributed by atoms with E-state index in [1.807, 2.05) is 31.2 Å². The fraction of sp³-hybridized carbons (Fsp3) is 0.350. The van der Waals surface area contributed by atoms with E-state index in [1.54, 1.807) is 6.92 Å². The number of ether oxygens (including phenoxy) is 2. The number of nitrogens with zero attached hydrogens (tertiary/aromatic N) is 1. The molecule has 7 heteroatoms. The molecule has 27 heavy (non-hydrogen) atoms. The van der Waals surface area contributed by atoms with Crippen LogP contribution in [-0.4, -0.2) is 30.7 Å². The molecule has 2 rings (SSSR count). The second-order valence-electron chi connectivity index (χ2n) is 6.01. The van der Waals surface area contributed by atoms with E-state index in [1.165, 1.54) is 18.2 Å². The second-order valence-corrected chi connectivity index (χ2v) is 6.01. The van der Waals surface area contributed by atoms with Gasteiger partial charge in [0, 0.05) is 30.3 Å². The Morgan fingerprint density at radius 2 is 1.85 bits per heavy atom.